The van der Waals surface area contributed by atoms with Crippen molar-refractivity contribution in [1.82, 2.24) is 9.47 Å². The van der Waals surface area contributed by atoms with Crippen molar-refractivity contribution in [3.8, 4) is 0 Å². The van der Waals surface area contributed by atoms with E-state index < -0.39 is 0 Å². The zero-order valence-electron chi connectivity index (χ0n) is 12.0. The molecule has 0 spiro atoms. The number of rotatable bonds is 4. The molecule has 1 aromatic carbocycles. The molecule has 4 nitrogen and oxygen atoms in total. The highest BCUT2D eigenvalue weighted by Gasteiger charge is 2.26. The summed E-state index contributed by atoms with van der Waals surface area (Å²) in [6.45, 7) is 2.40. The number of likely N-dealkylation sites (tertiary alicyclic amines) is 1. The lowest BCUT2D eigenvalue weighted by molar-refractivity contribution is 0.0782. The van der Waals surface area contributed by atoms with Gasteiger partial charge in [0.05, 0.1) is 0 Å². The molecule has 1 aromatic heterocycles. The summed E-state index contributed by atoms with van der Waals surface area (Å²) in [6, 6.07) is 11.8. The SMILES string of the molecule is O=C(c1ccc(Cn2cccc2)cc1)N1CC[C@H](CO)C1. The normalized spacial score (nSPS) is 18.1. The number of aliphatic hydroxyl groups excluding tert-OH is 1. The quantitative estimate of drug-likeness (QED) is 0.933. The molecule has 0 saturated carbocycles. The number of aromatic nitrogens is 1. The van der Waals surface area contributed by atoms with E-state index in [1.54, 1.807) is 0 Å². The minimum Gasteiger partial charge on any atom is -0.396 e. The average Bonchev–Trinajstić information content (AvgIpc) is 3.18. The summed E-state index contributed by atoms with van der Waals surface area (Å²) in [4.78, 5) is 14.2. The molecule has 1 N–H and O–H groups in total. The Bertz CT molecular complexity index is 590. The number of hydrogen-bond donors (Lipinski definition) is 1. The first kappa shape index (κ1) is 13.9. The Morgan fingerprint density at radius 3 is 2.52 bits per heavy atom. The van der Waals surface area contributed by atoms with Crippen LogP contribution in [0.1, 0.15) is 22.3 Å². The van der Waals surface area contributed by atoms with E-state index in [9.17, 15) is 4.79 Å². The van der Waals surface area contributed by atoms with Gasteiger partial charge in [0.15, 0.2) is 0 Å². The van der Waals surface area contributed by atoms with Gasteiger partial charge >= 0.3 is 0 Å². The highest BCUT2D eigenvalue weighted by atomic mass is 16.3. The van der Waals surface area contributed by atoms with Gasteiger partial charge in [0.1, 0.15) is 0 Å². The first-order chi connectivity index (χ1) is 10.3. The van der Waals surface area contributed by atoms with E-state index in [-0.39, 0.29) is 18.4 Å². The van der Waals surface area contributed by atoms with Crippen molar-refractivity contribution >= 4 is 5.91 Å². The van der Waals surface area contributed by atoms with Gasteiger partial charge in [0.25, 0.3) is 5.91 Å². The fourth-order valence-corrected chi connectivity index (χ4v) is 2.79. The number of carbonyl (C=O) groups excluding carboxylic acids is 1. The molecule has 2 heterocycles. The first-order valence-electron chi connectivity index (χ1n) is 7.36. The van der Waals surface area contributed by atoms with Gasteiger partial charge in [0.2, 0.25) is 0 Å². The molecule has 3 rings (SSSR count). The number of hydrogen-bond acceptors (Lipinski definition) is 2. The number of amides is 1. The van der Waals surface area contributed by atoms with Gasteiger partial charge in [-0.3, -0.25) is 4.79 Å². The minimum absolute atomic E-state index is 0.0680. The predicted molar refractivity (Wildman–Crippen MR) is 81.1 cm³/mol. The maximum Gasteiger partial charge on any atom is 0.253 e. The molecule has 4 heteroatoms. The molecule has 1 saturated heterocycles. The van der Waals surface area contributed by atoms with Crippen molar-refractivity contribution in [2.24, 2.45) is 5.92 Å². The van der Waals surface area contributed by atoms with Crippen LogP contribution in [0.25, 0.3) is 0 Å². The lowest BCUT2D eigenvalue weighted by Crippen LogP contribution is -2.29. The van der Waals surface area contributed by atoms with Crippen LogP contribution in [0.2, 0.25) is 0 Å². The third kappa shape index (κ3) is 3.16. The molecule has 0 aliphatic carbocycles. The van der Waals surface area contributed by atoms with Crippen LogP contribution in [-0.2, 0) is 6.54 Å². The lowest BCUT2D eigenvalue weighted by atomic mass is 10.1. The van der Waals surface area contributed by atoms with E-state index in [1.165, 1.54) is 5.56 Å². The van der Waals surface area contributed by atoms with Crippen molar-refractivity contribution in [2.45, 2.75) is 13.0 Å². The molecule has 21 heavy (non-hydrogen) atoms. The second kappa shape index (κ2) is 6.14. The molecular weight excluding hydrogens is 264 g/mol. The Hall–Kier alpha value is -2.07. The second-order valence-electron chi connectivity index (χ2n) is 5.64. The van der Waals surface area contributed by atoms with Crippen LogP contribution in [-0.4, -0.2) is 40.2 Å². The van der Waals surface area contributed by atoms with Crippen molar-refractivity contribution in [3.63, 3.8) is 0 Å². The largest absolute Gasteiger partial charge is 0.396 e. The molecule has 110 valence electrons. The monoisotopic (exact) mass is 284 g/mol. The van der Waals surface area contributed by atoms with Crippen LogP contribution >= 0.6 is 0 Å². The number of nitrogens with zero attached hydrogens (tertiary/aromatic N) is 2. The third-order valence-electron chi connectivity index (χ3n) is 4.06. The zero-order valence-corrected chi connectivity index (χ0v) is 12.0. The van der Waals surface area contributed by atoms with Crippen LogP contribution in [0, 0.1) is 5.92 Å². The molecule has 1 aliphatic heterocycles. The van der Waals surface area contributed by atoms with E-state index in [2.05, 4.69) is 4.57 Å². The smallest absolute Gasteiger partial charge is 0.253 e. The van der Waals surface area contributed by atoms with Crippen LogP contribution in [0.3, 0.4) is 0 Å². The summed E-state index contributed by atoms with van der Waals surface area (Å²) in [5.74, 6) is 0.306. The van der Waals surface area contributed by atoms with Crippen LogP contribution in [0.15, 0.2) is 48.8 Å². The number of benzene rings is 1. The van der Waals surface area contributed by atoms with Gasteiger partial charge in [-0.2, -0.15) is 0 Å². The van der Waals surface area contributed by atoms with E-state index in [0.29, 0.717) is 6.54 Å². The molecule has 1 aliphatic rings. The molecule has 2 aromatic rings. The van der Waals surface area contributed by atoms with Gasteiger partial charge in [-0.25, -0.2) is 0 Å². The van der Waals surface area contributed by atoms with Crippen LogP contribution < -0.4 is 0 Å². The molecule has 0 unspecified atom stereocenters. The van der Waals surface area contributed by atoms with Gasteiger partial charge in [0, 0.05) is 50.1 Å². The van der Waals surface area contributed by atoms with Crippen molar-refractivity contribution < 1.29 is 9.90 Å². The first-order valence-corrected chi connectivity index (χ1v) is 7.36. The Kier molecular flexibility index (Phi) is 4.06. The third-order valence-corrected chi connectivity index (χ3v) is 4.06. The number of aliphatic hydroxyl groups is 1. The predicted octanol–water partition coefficient (Wildman–Crippen LogP) is 1.99. The van der Waals surface area contributed by atoms with Crippen LogP contribution in [0.5, 0.6) is 0 Å². The van der Waals surface area contributed by atoms with E-state index in [4.69, 9.17) is 5.11 Å². The van der Waals surface area contributed by atoms with E-state index in [1.807, 2.05) is 53.7 Å². The molecule has 0 bridgehead atoms. The Balaban J connectivity index is 1.65. The summed E-state index contributed by atoms with van der Waals surface area (Å²) in [5.41, 5.74) is 1.90. The van der Waals surface area contributed by atoms with Crippen molar-refractivity contribution in [3.05, 3.63) is 59.9 Å². The topological polar surface area (TPSA) is 45.5 Å². The molecule has 1 amide bonds. The summed E-state index contributed by atoms with van der Waals surface area (Å²) in [7, 11) is 0. The fraction of sp³-hybridized carbons (Fsp3) is 0.353. The lowest BCUT2D eigenvalue weighted by Gasteiger charge is -2.16. The van der Waals surface area contributed by atoms with E-state index >= 15 is 0 Å². The highest BCUT2D eigenvalue weighted by Crippen LogP contribution is 2.18. The van der Waals surface area contributed by atoms with Gasteiger partial charge in [-0.1, -0.05) is 12.1 Å². The van der Waals surface area contributed by atoms with Gasteiger partial charge in [-0.05, 0) is 36.2 Å². The van der Waals surface area contributed by atoms with Crippen LogP contribution in [0.4, 0.5) is 0 Å². The molecule has 1 fully saturated rings. The second-order valence-corrected chi connectivity index (χ2v) is 5.64. The summed E-state index contributed by atoms with van der Waals surface area (Å²) in [6.07, 6.45) is 4.95. The zero-order chi connectivity index (χ0) is 14.7. The highest BCUT2D eigenvalue weighted by molar-refractivity contribution is 5.94. The fourth-order valence-electron chi connectivity index (χ4n) is 2.79. The Labute approximate surface area is 124 Å². The summed E-state index contributed by atoms with van der Waals surface area (Å²) >= 11 is 0. The molecule has 0 radical (unpaired) electrons. The average molecular weight is 284 g/mol. The Morgan fingerprint density at radius 2 is 1.90 bits per heavy atom. The maximum absolute atomic E-state index is 12.4. The van der Waals surface area contributed by atoms with Gasteiger partial charge in [-0.15, -0.1) is 0 Å². The Morgan fingerprint density at radius 1 is 1.19 bits per heavy atom. The summed E-state index contributed by atoms with van der Waals surface area (Å²) in [5, 5.41) is 9.15. The maximum atomic E-state index is 12.4. The standard InChI is InChI=1S/C17H20N2O2/c20-13-15-7-10-19(12-15)17(21)16-5-3-14(4-6-16)11-18-8-1-2-9-18/h1-6,8-9,15,20H,7,10-13H2/t15-/m0/s1. The van der Waals surface area contributed by atoms with E-state index in [0.717, 1.165) is 25.1 Å². The molecule has 1 atom stereocenters. The summed E-state index contributed by atoms with van der Waals surface area (Å²) < 4.78 is 2.10. The molecular formula is C17H20N2O2. The number of carbonyl (C=O) groups is 1. The van der Waals surface area contributed by atoms with Gasteiger partial charge < -0.3 is 14.6 Å². The van der Waals surface area contributed by atoms with Crippen molar-refractivity contribution in [2.75, 3.05) is 19.7 Å². The van der Waals surface area contributed by atoms with Crippen molar-refractivity contribution in [1.29, 1.82) is 0 Å². The minimum atomic E-state index is 0.0680.